The summed E-state index contributed by atoms with van der Waals surface area (Å²) in [6, 6.07) is 4.91. The van der Waals surface area contributed by atoms with Gasteiger partial charge in [-0.25, -0.2) is 0 Å². The Kier molecular flexibility index (Phi) is 3.31. The lowest BCUT2D eigenvalue weighted by Gasteiger charge is -2.21. The van der Waals surface area contributed by atoms with Crippen LogP contribution in [0, 0.1) is 5.21 Å². The quantitative estimate of drug-likeness (QED) is 0.466. The second-order valence-corrected chi connectivity index (χ2v) is 5.08. The lowest BCUT2D eigenvalue weighted by atomic mass is 10.3. The van der Waals surface area contributed by atoms with Gasteiger partial charge in [0, 0.05) is 0 Å². The smallest absolute Gasteiger partial charge is 0.297 e. The zero-order chi connectivity index (χ0) is 12.5. The minimum absolute atomic E-state index is 0.0488. The van der Waals surface area contributed by atoms with Gasteiger partial charge in [0.1, 0.15) is 6.10 Å². The van der Waals surface area contributed by atoms with Gasteiger partial charge in [-0.15, -0.1) is 0 Å². The summed E-state index contributed by atoms with van der Waals surface area (Å²) in [5, 5.41) is 18.9. The van der Waals surface area contributed by atoms with Crippen molar-refractivity contribution in [3.8, 4) is 0 Å². The number of hydrogen-bond acceptors (Lipinski definition) is 7. The second-order valence-electron chi connectivity index (χ2n) is 3.46. The van der Waals surface area contributed by atoms with Crippen LogP contribution in [0.3, 0.4) is 0 Å². The van der Waals surface area contributed by atoms with Gasteiger partial charge in [-0.3, -0.25) is 9.39 Å². The maximum Gasteiger partial charge on any atom is 0.297 e. The molecule has 7 nitrogen and oxygen atoms in total. The summed E-state index contributed by atoms with van der Waals surface area (Å²) in [6.45, 7) is 0.438. The predicted molar refractivity (Wildman–Crippen MR) is 57.0 cm³/mol. The number of hydrogen-bond donors (Lipinski definition) is 1. The highest BCUT2D eigenvalue weighted by molar-refractivity contribution is 7.86. The molecule has 0 unspecified atom stereocenters. The van der Waals surface area contributed by atoms with E-state index in [-0.39, 0.29) is 23.3 Å². The standard InChI is InChI=1S/C9H10NO6S/c11-10(12)7-2-1-3-9(4-7)17(13,14)16-6-8-5-15-8/h1-4,8,11H,5-6H2/q-1/t8-/m0/s1. The molecular weight excluding hydrogens is 250 g/mol. The normalized spacial score (nSPS) is 19.1. The average molecular weight is 260 g/mol. The fraction of sp³-hybridized carbons (Fsp3) is 0.333. The number of benzene rings is 1. The first kappa shape index (κ1) is 12.3. The van der Waals surface area contributed by atoms with Gasteiger partial charge < -0.3 is 15.2 Å². The zero-order valence-electron chi connectivity index (χ0n) is 8.64. The molecule has 1 aliphatic heterocycles. The molecule has 0 aliphatic carbocycles. The van der Waals surface area contributed by atoms with Gasteiger partial charge in [-0.2, -0.15) is 8.42 Å². The first-order valence-electron chi connectivity index (χ1n) is 4.76. The second kappa shape index (κ2) is 4.59. The minimum Gasteiger partial charge on any atom is -0.733 e. The third-order valence-electron chi connectivity index (χ3n) is 2.14. The first-order valence-corrected chi connectivity index (χ1v) is 6.17. The molecule has 1 N–H and O–H groups in total. The number of anilines is 1. The van der Waals surface area contributed by atoms with Crippen LogP contribution in [-0.4, -0.2) is 32.9 Å². The van der Waals surface area contributed by atoms with Gasteiger partial charge in [0.05, 0.1) is 23.8 Å². The molecule has 0 bridgehead atoms. The van der Waals surface area contributed by atoms with E-state index in [1.54, 1.807) is 0 Å². The van der Waals surface area contributed by atoms with Crippen molar-refractivity contribution >= 4 is 15.8 Å². The van der Waals surface area contributed by atoms with Crippen LogP contribution in [0.4, 0.5) is 5.69 Å². The van der Waals surface area contributed by atoms with Gasteiger partial charge in [0.15, 0.2) is 0 Å². The van der Waals surface area contributed by atoms with E-state index in [1.807, 2.05) is 0 Å². The molecule has 0 aromatic heterocycles. The van der Waals surface area contributed by atoms with Crippen molar-refractivity contribution in [2.75, 3.05) is 18.4 Å². The van der Waals surface area contributed by atoms with Crippen molar-refractivity contribution in [3.63, 3.8) is 0 Å². The Bertz CT molecular complexity index is 496. The molecule has 0 spiro atoms. The van der Waals surface area contributed by atoms with Crippen molar-refractivity contribution in [2.45, 2.75) is 11.0 Å². The van der Waals surface area contributed by atoms with Crippen LogP contribution in [0.1, 0.15) is 0 Å². The highest BCUT2D eigenvalue weighted by atomic mass is 32.2. The Hall–Kier alpha value is -1.19. The third-order valence-corrected chi connectivity index (χ3v) is 3.42. The molecule has 1 aliphatic rings. The van der Waals surface area contributed by atoms with Gasteiger partial charge in [0.2, 0.25) is 0 Å². The Morgan fingerprint density at radius 2 is 2.29 bits per heavy atom. The Morgan fingerprint density at radius 3 is 2.88 bits per heavy atom. The highest BCUT2D eigenvalue weighted by Crippen LogP contribution is 2.20. The maximum atomic E-state index is 11.7. The van der Waals surface area contributed by atoms with E-state index in [4.69, 9.17) is 14.1 Å². The predicted octanol–water partition coefficient (Wildman–Crippen LogP) is 0.484. The van der Waals surface area contributed by atoms with Gasteiger partial charge in [-0.1, -0.05) is 6.07 Å². The molecule has 1 aromatic rings. The first-order chi connectivity index (χ1) is 7.99. The number of rotatable bonds is 5. The summed E-state index contributed by atoms with van der Waals surface area (Å²) >= 11 is 0. The summed E-state index contributed by atoms with van der Waals surface area (Å²) in [5.41, 5.74) is -0.183. The molecule has 0 saturated carbocycles. The summed E-state index contributed by atoms with van der Waals surface area (Å²) in [4.78, 5) is -0.189. The fourth-order valence-electron chi connectivity index (χ4n) is 1.16. The topological polar surface area (TPSA) is 102 Å². The average Bonchev–Trinajstić information content (AvgIpc) is 3.10. The van der Waals surface area contributed by atoms with Crippen LogP contribution in [-0.2, 0) is 19.0 Å². The molecule has 1 fully saturated rings. The molecule has 1 saturated heterocycles. The SMILES string of the molecule is O=S(=O)(OC[C@@H]1CO1)c1cccc(N([O-])O)c1. The van der Waals surface area contributed by atoms with Crippen molar-refractivity contribution in [2.24, 2.45) is 0 Å². The van der Waals surface area contributed by atoms with Crippen LogP contribution >= 0.6 is 0 Å². The lowest BCUT2D eigenvalue weighted by molar-refractivity contribution is 0.266. The summed E-state index contributed by atoms with van der Waals surface area (Å²) in [6.07, 6.45) is -0.179. The monoisotopic (exact) mass is 260 g/mol. The van der Waals surface area contributed by atoms with Crippen LogP contribution in [0.25, 0.3) is 0 Å². The van der Waals surface area contributed by atoms with Crippen LogP contribution < -0.4 is 5.23 Å². The molecule has 1 atom stereocenters. The summed E-state index contributed by atoms with van der Waals surface area (Å²) < 4.78 is 32.9. The van der Waals surface area contributed by atoms with Crippen molar-refractivity contribution in [1.82, 2.24) is 0 Å². The van der Waals surface area contributed by atoms with Crippen LogP contribution in [0.15, 0.2) is 29.2 Å². The Labute approximate surface area is 97.8 Å². The largest absolute Gasteiger partial charge is 0.733 e. The van der Waals surface area contributed by atoms with Crippen molar-refractivity contribution in [3.05, 3.63) is 29.5 Å². The van der Waals surface area contributed by atoms with Crippen molar-refractivity contribution < 1.29 is 22.5 Å². The molecule has 94 valence electrons. The number of epoxide rings is 1. The van der Waals surface area contributed by atoms with E-state index in [0.29, 0.717) is 6.61 Å². The van der Waals surface area contributed by atoms with Crippen LogP contribution in [0.5, 0.6) is 0 Å². The minimum atomic E-state index is -3.93. The summed E-state index contributed by atoms with van der Waals surface area (Å²) in [5.74, 6) is 0. The maximum absolute atomic E-state index is 11.7. The molecule has 8 heteroatoms. The number of ether oxygens (including phenoxy) is 1. The van der Waals surface area contributed by atoms with E-state index in [0.717, 1.165) is 6.07 Å². The third kappa shape index (κ3) is 3.14. The summed E-state index contributed by atoms with van der Waals surface area (Å²) in [7, 11) is -3.93. The van der Waals surface area contributed by atoms with E-state index in [1.165, 1.54) is 18.2 Å². The molecule has 17 heavy (non-hydrogen) atoms. The van der Waals surface area contributed by atoms with E-state index in [2.05, 4.69) is 0 Å². The van der Waals surface area contributed by atoms with Crippen molar-refractivity contribution in [1.29, 1.82) is 0 Å². The van der Waals surface area contributed by atoms with Gasteiger partial charge >= 0.3 is 0 Å². The Morgan fingerprint density at radius 1 is 1.59 bits per heavy atom. The lowest BCUT2D eigenvalue weighted by Crippen LogP contribution is -2.12. The molecule has 2 rings (SSSR count). The van der Waals surface area contributed by atoms with E-state index in [9.17, 15) is 13.6 Å². The zero-order valence-corrected chi connectivity index (χ0v) is 9.46. The van der Waals surface area contributed by atoms with Gasteiger partial charge in [-0.05, 0) is 18.2 Å². The molecule has 0 amide bonds. The van der Waals surface area contributed by atoms with E-state index >= 15 is 0 Å². The van der Waals surface area contributed by atoms with Gasteiger partial charge in [0.25, 0.3) is 10.1 Å². The van der Waals surface area contributed by atoms with Crippen LogP contribution in [0.2, 0.25) is 0 Å². The molecule has 1 heterocycles. The fourth-order valence-corrected chi connectivity index (χ4v) is 2.13. The van der Waals surface area contributed by atoms with E-state index < -0.39 is 15.3 Å². The molecule has 0 radical (unpaired) electrons. The number of nitrogens with zero attached hydrogens (tertiary/aromatic N) is 1. The highest BCUT2D eigenvalue weighted by Gasteiger charge is 2.26. The Balaban J connectivity index is 2.16. The molecular formula is C9H10NO6S-. The molecule has 1 aromatic carbocycles.